The molecule has 1 aromatic heterocycles. The fraction of sp³-hybridized carbons (Fsp3) is 0.636. The Bertz CT molecular complexity index is 324. The van der Waals surface area contributed by atoms with E-state index in [0.29, 0.717) is 0 Å². The lowest BCUT2D eigenvalue weighted by Crippen LogP contribution is -2.34. The molecule has 0 atom stereocenters. The topological polar surface area (TPSA) is 53.7 Å². The van der Waals surface area contributed by atoms with Crippen LogP contribution >= 0.6 is 0 Å². The Balaban J connectivity index is 1.64. The summed E-state index contributed by atoms with van der Waals surface area (Å²) in [5.41, 5.74) is 0.936. The van der Waals surface area contributed by atoms with E-state index in [-0.39, 0.29) is 0 Å². The maximum atomic E-state index is 8.64. The molecule has 1 aliphatic rings. The third kappa shape index (κ3) is 3.06. The van der Waals surface area contributed by atoms with Gasteiger partial charge in [0.05, 0.1) is 12.0 Å². The van der Waals surface area contributed by atoms with Gasteiger partial charge in [-0.1, -0.05) is 5.16 Å². The second-order valence-electron chi connectivity index (χ2n) is 4.16. The lowest BCUT2D eigenvalue weighted by atomic mass is 10.1. The Labute approximate surface area is 95.4 Å². The lowest BCUT2D eigenvalue weighted by molar-refractivity contribution is 0.256. The second-order valence-corrected chi connectivity index (χ2v) is 4.16. The summed E-state index contributed by atoms with van der Waals surface area (Å²) in [7, 11) is 0. The van der Waals surface area contributed by atoms with Gasteiger partial charge < -0.3 is 14.7 Å². The fourth-order valence-electron chi connectivity index (χ4n) is 2.03. The summed E-state index contributed by atoms with van der Waals surface area (Å²) in [5, 5.41) is 11.9. The molecule has 0 spiro atoms. The number of aromatic nitrogens is 2. The molecule has 0 amide bonds. The predicted octanol–water partition coefficient (Wildman–Crippen LogP) is 1.20. The molecule has 5 nitrogen and oxygen atoms in total. The van der Waals surface area contributed by atoms with Gasteiger partial charge in [-0.3, -0.25) is 0 Å². The van der Waals surface area contributed by atoms with Crippen LogP contribution in [-0.4, -0.2) is 45.0 Å². The third-order valence-electron chi connectivity index (χ3n) is 3.02. The van der Waals surface area contributed by atoms with E-state index >= 15 is 0 Å². The molecule has 0 aromatic carbocycles. The van der Waals surface area contributed by atoms with Crippen LogP contribution in [-0.2, 0) is 6.54 Å². The van der Waals surface area contributed by atoms with Gasteiger partial charge in [0.25, 0.3) is 0 Å². The Hall–Kier alpha value is -1.36. The summed E-state index contributed by atoms with van der Waals surface area (Å²) in [5.74, 6) is 0. The van der Waals surface area contributed by atoms with Crippen molar-refractivity contribution in [2.75, 3.05) is 19.6 Å². The van der Waals surface area contributed by atoms with E-state index in [4.69, 9.17) is 5.21 Å². The number of hydrogen-bond acceptors (Lipinski definition) is 4. The molecule has 88 valence electrons. The number of rotatable bonds is 4. The average molecular weight is 222 g/mol. The zero-order valence-corrected chi connectivity index (χ0v) is 9.42. The van der Waals surface area contributed by atoms with Crippen molar-refractivity contribution in [2.24, 2.45) is 5.16 Å². The van der Waals surface area contributed by atoms with Crippen molar-refractivity contribution in [1.29, 1.82) is 0 Å². The summed E-state index contributed by atoms with van der Waals surface area (Å²) in [4.78, 5) is 6.44. The van der Waals surface area contributed by atoms with E-state index in [1.54, 1.807) is 0 Å². The molecule has 1 fully saturated rings. The highest BCUT2D eigenvalue weighted by Crippen LogP contribution is 2.07. The zero-order valence-electron chi connectivity index (χ0n) is 9.42. The molecule has 0 unspecified atom stereocenters. The normalized spacial score (nSPS) is 17.6. The summed E-state index contributed by atoms with van der Waals surface area (Å²) < 4.78 is 2.10. The minimum absolute atomic E-state index is 0.904. The monoisotopic (exact) mass is 222 g/mol. The molecule has 2 heterocycles. The third-order valence-corrected chi connectivity index (χ3v) is 3.02. The van der Waals surface area contributed by atoms with Gasteiger partial charge in [0, 0.05) is 44.9 Å². The first-order valence-electron chi connectivity index (χ1n) is 5.76. The van der Waals surface area contributed by atoms with Crippen LogP contribution in [0, 0.1) is 0 Å². The number of likely N-dealkylation sites (tertiary alicyclic amines) is 1. The first-order valence-corrected chi connectivity index (χ1v) is 5.76. The van der Waals surface area contributed by atoms with Crippen LogP contribution in [0.3, 0.4) is 0 Å². The van der Waals surface area contributed by atoms with Gasteiger partial charge in [-0.15, -0.1) is 0 Å². The van der Waals surface area contributed by atoms with Crippen molar-refractivity contribution in [3.63, 3.8) is 0 Å². The molecule has 0 aliphatic carbocycles. The number of piperidine rings is 1. The average Bonchev–Trinajstić information content (AvgIpc) is 2.83. The molecule has 1 saturated heterocycles. The molecule has 1 N–H and O–H groups in total. The highest BCUT2D eigenvalue weighted by molar-refractivity contribution is 5.84. The molecule has 5 heteroatoms. The Morgan fingerprint density at radius 2 is 2.12 bits per heavy atom. The van der Waals surface area contributed by atoms with Crippen LogP contribution in [0.25, 0.3) is 0 Å². The Morgan fingerprint density at radius 1 is 1.31 bits per heavy atom. The highest BCUT2D eigenvalue weighted by Gasteiger charge is 2.14. The SMILES string of the molecule is ON=C1CCN(CCCn2ccnc2)CC1. The molecule has 2 rings (SSSR count). The maximum Gasteiger partial charge on any atom is 0.0945 e. The van der Waals surface area contributed by atoms with Gasteiger partial charge in [-0.2, -0.15) is 0 Å². The number of nitrogens with zero attached hydrogens (tertiary/aromatic N) is 4. The van der Waals surface area contributed by atoms with E-state index in [0.717, 1.165) is 51.2 Å². The highest BCUT2D eigenvalue weighted by atomic mass is 16.4. The van der Waals surface area contributed by atoms with Gasteiger partial charge in [0.2, 0.25) is 0 Å². The summed E-state index contributed by atoms with van der Waals surface area (Å²) in [6, 6.07) is 0. The van der Waals surface area contributed by atoms with Crippen LogP contribution in [0.1, 0.15) is 19.3 Å². The standard InChI is InChI=1S/C11H18N4O/c16-13-11-2-7-14(8-3-11)5-1-6-15-9-4-12-10-15/h4,9-10,16H,1-3,5-8H2. The molecular formula is C11H18N4O. The molecule has 1 aliphatic heterocycles. The van der Waals surface area contributed by atoms with Crippen molar-refractivity contribution < 1.29 is 5.21 Å². The number of imidazole rings is 1. The van der Waals surface area contributed by atoms with Crippen LogP contribution in [0.15, 0.2) is 23.9 Å². The smallest absolute Gasteiger partial charge is 0.0945 e. The van der Waals surface area contributed by atoms with Crippen molar-refractivity contribution in [1.82, 2.24) is 14.5 Å². The molecular weight excluding hydrogens is 204 g/mol. The lowest BCUT2D eigenvalue weighted by Gasteiger charge is -2.26. The summed E-state index contributed by atoms with van der Waals surface area (Å²) in [6.07, 6.45) is 8.61. The van der Waals surface area contributed by atoms with Crippen molar-refractivity contribution in [2.45, 2.75) is 25.8 Å². The number of oxime groups is 1. The second kappa shape index (κ2) is 5.65. The largest absolute Gasteiger partial charge is 0.411 e. The minimum atomic E-state index is 0.904. The van der Waals surface area contributed by atoms with Crippen molar-refractivity contribution >= 4 is 5.71 Å². The zero-order chi connectivity index (χ0) is 11.2. The molecule has 1 aromatic rings. The van der Waals surface area contributed by atoms with Gasteiger partial charge in [0.1, 0.15) is 0 Å². The van der Waals surface area contributed by atoms with Gasteiger partial charge in [0.15, 0.2) is 0 Å². The molecule has 0 saturated carbocycles. The van der Waals surface area contributed by atoms with Crippen LogP contribution in [0.4, 0.5) is 0 Å². The number of hydrogen-bond donors (Lipinski definition) is 1. The van der Waals surface area contributed by atoms with Gasteiger partial charge in [-0.25, -0.2) is 4.98 Å². The van der Waals surface area contributed by atoms with E-state index in [1.807, 2.05) is 18.7 Å². The van der Waals surface area contributed by atoms with E-state index in [9.17, 15) is 0 Å². The summed E-state index contributed by atoms with van der Waals surface area (Å²) in [6.45, 7) is 4.17. The first kappa shape index (κ1) is 11.1. The fourth-order valence-corrected chi connectivity index (χ4v) is 2.03. The van der Waals surface area contributed by atoms with Gasteiger partial charge >= 0.3 is 0 Å². The first-order chi connectivity index (χ1) is 7.88. The predicted molar refractivity (Wildman–Crippen MR) is 61.7 cm³/mol. The van der Waals surface area contributed by atoms with Crippen LogP contribution in [0.5, 0.6) is 0 Å². The Morgan fingerprint density at radius 3 is 2.75 bits per heavy atom. The van der Waals surface area contributed by atoms with Crippen LogP contribution in [0.2, 0.25) is 0 Å². The molecule has 0 bridgehead atoms. The Kier molecular flexibility index (Phi) is 3.93. The van der Waals surface area contributed by atoms with Crippen LogP contribution < -0.4 is 0 Å². The quantitative estimate of drug-likeness (QED) is 0.615. The molecule has 16 heavy (non-hydrogen) atoms. The van der Waals surface area contributed by atoms with E-state index in [1.165, 1.54) is 0 Å². The maximum absolute atomic E-state index is 8.64. The minimum Gasteiger partial charge on any atom is -0.411 e. The van der Waals surface area contributed by atoms with Crippen molar-refractivity contribution in [3.8, 4) is 0 Å². The molecule has 0 radical (unpaired) electrons. The number of aryl methyl sites for hydroxylation is 1. The van der Waals surface area contributed by atoms with Crippen molar-refractivity contribution in [3.05, 3.63) is 18.7 Å². The van der Waals surface area contributed by atoms with Gasteiger partial charge in [-0.05, 0) is 13.0 Å². The van der Waals surface area contributed by atoms with E-state index in [2.05, 4.69) is 19.6 Å². The summed E-state index contributed by atoms with van der Waals surface area (Å²) >= 11 is 0. The van der Waals surface area contributed by atoms with E-state index < -0.39 is 0 Å².